The predicted molar refractivity (Wildman–Crippen MR) is 94.1 cm³/mol. The maximum absolute atomic E-state index is 5.25. The number of likely N-dealkylation sites (N-methyl/N-ethyl adjacent to an activating group) is 1. The Hall–Kier alpha value is -2.06. The molecule has 0 saturated heterocycles. The molecule has 1 unspecified atom stereocenters. The molecule has 0 saturated carbocycles. The first-order chi connectivity index (χ1) is 10.7. The standard InChI is InChI=1S/C20H25NO/c1-5-19(16-9-7-6-8-10-16)15(2)20(21-3)17-11-13-18(22-4)14-12-17/h6-14,20-21H,5H2,1-4H3/b19-15+. The summed E-state index contributed by atoms with van der Waals surface area (Å²) in [5.41, 5.74) is 5.32. The number of hydrogen-bond donors (Lipinski definition) is 1. The van der Waals surface area contributed by atoms with Gasteiger partial charge in [-0.3, -0.25) is 0 Å². The highest BCUT2D eigenvalue weighted by Gasteiger charge is 2.15. The zero-order valence-corrected chi connectivity index (χ0v) is 13.9. The van der Waals surface area contributed by atoms with Crippen molar-refractivity contribution in [3.63, 3.8) is 0 Å². The third-order valence-corrected chi connectivity index (χ3v) is 4.12. The molecule has 0 amide bonds. The molecule has 0 heterocycles. The Labute approximate surface area is 133 Å². The Bertz CT molecular complexity index is 614. The van der Waals surface area contributed by atoms with Crippen molar-refractivity contribution in [2.75, 3.05) is 14.2 Å². The van der Waals surface area contributed by atoms with Crippen LogP contribution in [0.4, 0.5) is 0 Å². The van der Waals surface area contributed by atoms with Gasteiger partial charge in [0.15, 0.2) is 0 Å². The lowest BCUT2D eigenvalue weighted by Gasteiger charge is -2.22. The molecule has 2 heteroatoms. The SMILES string of the molecule is CC/C(=C(/C)C(NC)c1ccc(OC)cc1)c1ccccc1. The van der Waals surface area contributed by atoms with Crippen molar-refractivity contribution in [1.29, 1.82) is 0 Å². The Morgan fingerprint density at radius 1 is 1.05 bits per heavy atom. The molecule has 2 nitrogen and oxygen atoms in total. The topological polar surface area (TPSA) is 21.3 Å². The monoisotopic (exact) mass is 295 g/mol. The Kier molecular flexibility index (Phi) is 5.79. The number of ether oxygens (including phenoxy) is 1. The molecule has 0 spiro atoms. The maximum atomic E-state index is 5.25. The zero-order chi connectivity index (χ0) is 15.9. The minimum absolute atomic E-state index is 0.209. The highest BCUT2D eigenvalue weighted by molar-refractivity contribution is 5.69. The van der Waals surface area contributed by atoms with E-state index in [0.29, 0.717) is 0 Å². The van der Waals surface area contributed by atoms with Gasteiger partial charge in [-0.15, -0.1) is 0 Å². The van der Waals surface area contributed by atoms with Gasteiger partial charge in [0.05, 0.1) is 13.2 Å². The maximum Gasteiger partial charge on any atom is 0.118 e. The van der Waals surface area contributed by atoms with Crippen LogP contribution in [0.5, 0.6) is 5.75 Å². The second-order valence-electron chi connectivity index (χ2n) is 5.38. The summed E-state index contributed by atoms with van der Waals surface area (Å²) in [6.45, 7) is 4.43. The number of hydrogen-bond acceptors (Lipinski definition) is 2. The van der Waals surface area contributed by atoms with Crippen LogP contribution in [0.3, 0.4) is 0 Å². The molecule has 2 aromatic carbocycles. The van der Waals surface area contributed by atoms with Gasteiger partial charge in [-0.2, -0.15) is 0 Å². The fourth-order valence-corrected chi connectivity index (χ4v) is 2.95. The second kappa shape index (κ2) is 7.81. The van der Waals surface area contributed by atoms with Crippen LogP contribution < -0.4 is 10.1 Å². The molecule has 0 radical (unpaired) electrons. The van der Waals surface area contributed by atoms with E-state index >= 15 is 0 Å². The molecule has 22 heavy (non-hydrogen) atoms. The van der Waals surface area contributed by atoms with Gasteiger partial charge >= 0.3 is 0 Å². The second-order valence-corrected chi connectivity index (χ2v) is 5.38. The minimum Gasteiger partial charge on any atom is -0.497 e. The molecule has 0 bridgehead atoms. The number of rotatable bonds is 6. The highest BCUT2D eigenvalue weighted by atomic mass is 16.5. The summed E-state index contributed by atoms with van der Waals surface area (Å²) in [6.07, 6.45) is 1.02. The van der Waals surface area contributed by atoms with Gasteiger partial charge in [-0.1, -0.05) is 49.4 Å². The molecule has 0 aliphatic rings. The molecule has 2 aromatic rings. The fourth-order valence-electron chi connectivity index (χ4n) is 2.95. The van der Waals surface area contributed by atoms with E-state index in [1.807, 2.05) is 19.2 Å². The van der Waals surface area contributed by atoms with Crippen LogP contribution in [0.1, 0.15) is 37.4 Å². The van der Waals surface area contributed by atoms with Crippen LogP contribution in [0.25, 0.3) is 5.57 Å². The quantitative estimate of drug-likeness (QED) is 0.823. The molecule has 2 rings (SSSR count). The van der Waals surface area contributed by atoms with E-state index in [1.165, 1.54) is 22.3 Å². The third kappa shape index (κ3) is 3.58. The average Bonchev–Trinajstić information content (AvgIpc) is 2.58. The van der Waals surface area contributed by atoms with Gasteiger partial charge in [0.2, 0.25) is 0 Å². The lowest BCUT2D eigenvalue weighted by atomic mass is 9.90. The number of nitrogens with one attached hydrogen (secondary N) is 1. The number of allylic oxidation sites excluding steroid dienone is 1. The lowest BCUT2D eigenvalue weighted by molar-refractivity contribution is 0.414. The van der Waals surface area contributed by atoms with Crippen molar-refractivity contribution in [1.82, 2.24) is 5.32 Å². The van der Waals surface area contributed by atoms with Crippen LogP contribution in [-0.2, 0) is 0 Å². The van der Waals surface area contributed by atoms with E-state index in [1.54, 1.807) is 7.11 Å². The first kappa shape index (κ1) is 16.3. The van der Waals surface area contributed by atoms with Crippen molar-refractivity contribution in [2.24, 2.45) is 0 Å². The predicted octanol–water partition coefficient (Wildman–Crippen LogP) is 4.84. The summed E-state index contributed by atoms with van der Waals surface area (Å²) < 4.78 is 5.25. The summed E-state index contributed by atoms with van der Waals surface area (Å²) in [7, 11) is 3.71. The molecular formula is C20H25NO. The summed E-state index contributed by atoms with van der Waals surface area (Å²) in [6, 6.07) is 19.1. The largest absolute Gasteiger partial charge is 0.497 e. The van der Waals surface area contributed by atoms with Crippen LogP contribution in [0, 0.1) is 0 Å². The van der Waals surface area contributed by atoms with Crippen LogP contribution >= 0.6 is 0 Å². The Morgan fingerprint density at radius 3 is 2.18 bits per heavy atom. The van der Waals surface area contributed by atoms with Crippen molar-refractivity contribution in [2.45, 2.75) is 26.3 Å². The van der Waals surface area contributed by atoms with Crippen molar-refractivity contribution < 1.29 is 4.74 Å². The molecule has 0 fully saturated rings. The number of benzene rings is 2. The third-order valence-electron chi connectivity index (χ3n) is 4.12. The van der Waals surface area contributed by atoms with Crippen LogP contribution in [0.15, 0.2) is 60.2 Å². The van der Waals surface area contributed by atoms with Gasteiger partial charge in [0.25, 0.3) is 0 Å². The summed E-state index contributed by atoms with van der Waals surface area (Å²) in [5.74, 6) is 0.888. The summed E-state index contributed by atoms with van der Waals surface area (Å²) in [4.78, 5) is 0. The smallest absolute Gasteiger partial charge is 0.118 e. The van der Waals surface area contributed by atoms with Crippen LogP contribution in [-0.4, -0.2) is 14.2 Å². The average molecular weight is 295 g/mol. The molecule has 116 valence electrons. The van der Waals surface area contributed by atoms with E-state index in [0.717, 1.165) is 12.2 Å². The summed E-state index contributed by atoms with van der Waals surface area (Å²) in [5, 5.41) is 3.44. The van der Waals surface area contributed by atoms with Crippen molar-refractivity contribution in [3.05, 3.63) is 71.3 Å². The summed E-state index contributed by atoms with van der Waals surface area (Å²) >= 11 is 0. The zero-order valence-electron chi connectivity index (χ0n) is 13.9. The lowest BCUT2D eigenvalue weighted by Crippen LogP contribution is -2.18. The molecule has 1 N–H and O–H groups in total. The van der Waals surface area contributed by atoms with Crippen LogP contribution in [0.2, 0.25) is 0 Å². The van der Waals surface area contributed by atoms with E-state index < -0.39 is 0 Å². The minimum atomic E-state index is 0.209. The first-order valence-electron chi connectivity index (χ1n) is 7.77. The van der Waals surface area contributed by atoms with E-state index in [-0.39, 0.29) is 6.04 Å². The van der Waals surface area contributed by atoms with Crippen molar-refractivity contribution in [3.8, 4) is 5.75 Å². The molecular weight excluding hydrogens is 270 g/mol. The van der Waals surface area contributed by atoms with Gasteiger partial charge in [0.1, 0.15) is 5.75 Å². The molecule has 0 aliphatic heterocycles. The van der Waals surface area contributed by atoms with E-state index in [4.69, 9.17) is 4.74 Å². The van der Waals surface area contributed by atoms with E-state index in [2.05, 4.69) is 61.6 Å². The number of methoxy groups -OCH3 is 1. The molecule has 1 atom stereocenters. The molecule has 0 aromatic heterocycles. The van der Waals surface area contributed by atoms with Crippen molar-refractivity contribution >= 4 is 5.57 Å². The fraction of sp³-hybridized carbons (Fsp3) is 0.300. The van der Waals surface area contributed by atoms with Gasteiger partial charge in [-0.25, -0.2) is 0 Å². The highest BCUT2D eigenvalue weighted by Crippen LogP contribution is 2.31. The Balaban J connectivity index is 2.41. The normalized spacial score (nSPS) is 13.5. The van der Waals surface area contributed by atoms with Gasteiger partial charge in [-0.05, 0) is 54.8 Å². The van der Waals surface area contributed by atoms with Gasteiger partial charge < -0.3 is 10.1 Å². The molecule has 0 aliphatic carbocycles. The van der Waals surface area contributed by atoms with Gasteiger partial charge in [0, 0.05) is 0 Å². The van der Waals surface area contributed by atoms with E-state index in [9.17, 15) is 0 Å². The first-order valence-corrected chi connectivity index (χ1v) is 7.77. The Morgan fingerprint density at radius 2 is 1.68 bits per heavy atom.